The number of rotatable bonds is 4. The van der Waals surface area contributed by atoms with E-state index in [1.807, 2.05) is 61.5 Å². The molecule has 0 aromatic heterocycles. The Kier molecular flexibility index (Phi) is 4.74. The monoisotopic (exact) mass is 317 g/mol. The summed E-state index contributed by atoms with van der Waals surface area (Å²) < 4.78 is 0. The highest BCUT2D eigenvalue weighted by atomic mass is 79.9. The molecule has 0 fully saturated rings. The first-order valence-electron chi connectivity index (χ1n) is 6.21. The van der Waals surface area contributed by atoms with Gasteiger partial charge in [-0.15, -0.1) is 0 Å². The van der Waals surface area contributed by atoms with Gasteiger partial charge < -0.3 is 5.32 Å². The van der Waals surface area contributed by atoms with Crippen LogP contribution in [0, 0.1) is 0 Å². The predicted octanol–water partition coefficient (Wildman–Crippen LogP) is 4.07. The first-order valence-corrected chi connectivity index (χ1v) is 7.33. The van der Waals surface area contributed by atoms with Gasteiger partial charge in [0.1, 0.15) is 0 Å². The van der Waals surface area contributed by atoms with Crippen molar-refractivity contribution in [1.29, 1.82) is 0 Å². The van der Waals surface area contributed by atoms with Gasteiger partial charge in [0.25, 0.3) is 5.91 Å². The Morgan fingerprint density at radius 2 is 1.89 bits per heavy atom. The fourth-order valence-electron chi connectivity index (χ4n) is 1.90. The van der Waals surface area contributed by atoms with E-state index < -0.39 is 0 Å². The molecule has 0 saturated heterocycles. The highest BCUT2D eigenvalue weighted by molar-refractivity contribution is 9.08. The maximum absolute atomic E-state index is 12.2. The Balaban J connectivity index is 2.08. The first-order chi connectivity index (χ1) is 9.20. The van der Waals surface area contributed by atoms with Crippen LogP contribution < -0.4 is 5.32 Å². The lowest BCUT2D eigenvalue weighted by Crippen LogP contribution is -2.26. The molecule has 0 spiro atoms. The van der Waals surface area contributed by atoms with Gasteiger partial charge in [-0.1, -0.05) is 58.4 Å². The summed E-state index contributed by atoms with van der Waals surface area (Å²) in [6.07, 6.45) is 0. The van der Waals surface area contributed by atoms with Crippen LogP contribution in [0.1, 0.15) is 34.5 Å². The van der Waals surface area contributed by atoms with Gasteiger partial charge in [0.05, 0.1) is 6.04 Å². The van der Waals surface area contributed by atoms with Crippen molar-refractivity contribution >= 4 is 21.8 Å². The summed E-state index contributed by atoms with van der Waals surface area (Å²) in [7, 11) is 0. The third-order valence-electron chi connectivity index (χ3n) is 2.99. The van der Waals surface area contributed by atoms with Crippen molar-refractivity contribution in [2.75, 3.05) is 0 Å². The molecule has 98 valence electrons. The highest BCUT2D eigenvalue weighted by Crippen LogP contribution is 2.13. The molecule has 2 rings (SSSR count). The zero-order chi connectivity index (χ0) is 13.7. The van der Waals surface area contributed by atoms with Crippen molar-refractivity contribution in [3.63, 3.8) is 0 Å². The number of carbonyl (C=O) groups is 1. The molecule has 2 nitrogen and oxygen atoms in total. The second-order valence-electron chi connectivity index (χ2n) is 4.44. The van der Waals surface area contributed by atoms with Gasteiger partial charge in [-0.2, -0.15) is 0 Å². The third kappa shape index (κ3) is 3.67. The number of carbonyl (C=O) groups excluding carboxylic acids is 1. The molecule has 0 heterocycles. The summed E-state index contributed by atoms with van der Waals surface area (Å²) in [4.78, 5) is 12.2. The van der Waals surface area contributed by atoms with Crippen molar-refractivity contribution in [2.45, 2.75) is 18.3 Å². The van der Waals surface area contributed by atoms with Crippen LogP contribution in [0.4, 0.5) is 0 Å². The van der Waals surface area contributed by atoms with Crippen molar-refractivity contribution in [2.24, 2.45) is 0 Å². The lowest BCUT2D eigenvalue weighted by Gasteiger charge is -2.14. The molecule has 0 radical (unpaired) electrons. The average Bonchev–Trinajstić information content (AvgIpc) is 2.48. The van der Waals surface area contributed by atoms with Crippen LogP contribution in [0.3, 0.4) is 0 Å². The summed E-state index contributed by atoms with van der Waals surface area (Å²) in [5, 5.41) is 3.76. The van der Waals surface area contributed by atoms with Crippen LogP contribution in [0.2, 0.25) is 0 Å². The van der Waals surface area contributed by atoms with E-state index in [9.17, 15) is 4.79 Å². The zero-order valence-electron chi connectivity index (χ0n) is 10.8. The molecule has 0 bridgehead atoms. The molecule has 0 saturated carbocycles. The van der Waals surface area contributed by atoms with E-state index in [1.54, 1.807) is 0 Å². The predicted molar refractivity (Wildman–Crippen MR) is 81.4 cm³/mol. The number of nitrogens with one attached hydrogen (secondary N) is 1. The normalized spacial score (nSPS) is 11.9. The number of amides is 1. The molecule has 0 aliphatic heterocycles. The summed E-state index contributed by atoms with van der Waals surface area (Å²) in [5.41, 5.74) is 2.90. The maximum atomic E-state index is 12.2. The molecule has 0 aliphatic rings. The number of benzene rings is 2. The summed E-state index contributed by atoms with van der Waals surface area (Å²) in [6, 6.07) is 17.6. The minimum absolute atomic E-state index is 0.00123. The summed E-state index contributed by atoms with van der Waals surface area (Å²) in [5.74, 6) is -0.0425. The molecule has 1 N–H and O–H groups in total. The van der Waals surface area contributed by atoms with Gasteiger partial charge in [0.2, 0.25) is 0 Å². The van der Waals surface area contributed by atoms with Crippen LogP contribution in [0.5, 0.6) is 0 Å². The van der Waals surface area contributed by atoms with E-state index in [-0.39, 0.29) is 11.9 Å². The van der Waals surface area contributed by atoms with Gasteiger partial charge in [-0.25, -0.2) is 0 Å². The molecule has 1 atom stereocenters. The maximum Gasteiger partial charge on any atom is 0.251 e. The SMILES string of the molecule is CC(NC(=O)c1cccc(CBr)c1)c1ccccc1. The Morgan fingerprint density at radius 1 is 1.16 bits per heavy atom. The second kappa shape index (κ2) is 6.53. The molecule has 2 aromatic rings. The lowest BCUT2D eigenvalue weighted by atomic mass is 10.1. The summed E-state index contributed by atoms with van der Waals surface area (Å²) in [6.45, 7) is 1.99. The topological polar surface area (TPSA) is 29.1 Å². The largest absolute Gasteiger partial charge is 0.346 e. The van der Waals surface area contributed by atoms with Gasteiger partial charge in [0, 0.05) is 10.9 Å². The fourth-order valence-corrected chi connectivity index (χ4v) is 2.25. The Bertz CT molecular complexity index is 554. The van der Waals surface area contributed by atoms with E-state index in [1.165, 1.54) is 0 Å². The fraction of sp³-hybridized carbons (Fsp3) is 0.188. The Hall–Kier alpha value is -1.61. The van der Waals surface area contributed by atoms with Crippen molar-refractivity contribution in [3.8, 4) is 0 Å². The molecule has 2 aromatic carbocycles. The van der Waals surface area contributed by atoms with Gasteiger partial charge >= 0.3 is 0 Å². The third-order valence-corrected chi connectivity index (χ3v) is 3.64. The standard InChI is InChI=1S/C16H16BrNO/c1-12(14-7-3-2-4-8-14)18-16(19)15-9-5-6-13(10-15)11-17/h2-10,12H,11H2,1H3,(H,18,19). The van der Waals surface area contributed by atoms with Gasteiger partial charge in [0.15, 0.2) is 0 Å². The van der Waals surface area contributed by atoms with E-state index in [0.29, 0.717) is 5.56 Å². The number of hydrogen-bond donors (Lipinski definition) is 1. The molecule has 19 heavy (non-hydrogen) atoms. The second-order valence-corrected chi connectivity index (χ2v) is 5.00. The van der Waals surface area contributed by atoms with E-state index >= 15 is 0 Å². The number of alkyl halides is 1. The van der Waals surface area contributed by atoms with Crippen LogP contribution in [-0.4, -0.2) is 5.91 Å². The summed E-state index contributed by atoms with van der Waals surface area (Å²) >= 11 is 3.40. The number of hydrogen-bond acceptors (Lipinski definition) is 1. The van der Waals surface area contributed by atoms with Gasteiger partial charge in [-0.05, 0) is 30.2 Å². The Morgan fingerprint density at radius 3 is 2.58 bits per heavy atom. The molecular formula is C16H16BrNO. The van der Waals surface area contributed by atoms with Crippen LogP contribution >= 0.6 is 15.9 Å². The molecule has 1 amide bonds. The minimum atomic E-state index is -0.0425. The minimum Gasteiger partial charge on any atom is -0.346 e. The van der Waals surface area contributed by atoms with Crippen molar-refractivity contribution in [1.82, 2.24) is 5.32 Å². The molecule has 1 unspecified atom stereocenters. The van der Waals surface area contributed by atoms with E-state index in [4.69, 9.17) is 0 Å². The lowest BCUT2D eigenvalue weighted by molar-refractivity contribution is 0.0940. The smallest absolute Gasteiger partial charge is 0.251 e. The molecular weight excluding hydrogens is 302 g/mol. The Labute approximate surface area is 122 Å². The average molecular weight is 318 g/mol. The van der Waals surface area contributed by atoms with Crippen LogP contribution in [-0.2, 0) is 5.33 Å². The van der Waals surface area contributed by atoms with Crippen LogP contribution in [0.15, 0.2) is 54.6 Å². The molecule has 0 aliphatic carbocycles. The number of halogens is 1. The van der Waals surface area contributed by atoms with E-state index in [2.05, 4.69) is 21.2 Å². The van der Waals surface area contributed by atoms with E-state index in [0.717, 1.165) is 16.5 Å². The quantitative estimate of drug-likeness (QED) is 0.846. The zero-order valence-corrected chi connectivity index (χ0v) is 12.4. The van der Waals surface area contributed by atoms with Crippen LogP contribution in [0.25, 0.3) is 0 Å². The van der Waals surface area contributed by atoms with Gasteiger partial charge in [-0.3, -0.25) is 4.79 Å². The highest BCUT2D eigenvalue weighted by Gasteiger charge is 2.11. The molecule has 3 heteroatoms. The first kappa shape index (κ1) is 13.8. The van der Waals surface area contributed by atoms with Crippen molar-refractivity contribution in [3.05, 3.63) is 71.3 Å². The van der Waals surface area contributed by atoms with Crippen molar-refractivity contribution < 1.29 is 4.79 Å².